The molecular weight excluding hydrogens is 392 g/mol. The van der Waals surface area contributed by atoms with E-state index >= 15 is 0 Å². The summed E-state index contributed by atoms with van der Waals surface area (Å²) in [7, 11) is 4.52. The van der Waals surface area contributed by atoms with Crippen molar-refractivity contribution < 1.29 is 23.8 Å². The summed E-state index contributed by atoms with van der Waals surface area (Å²) in [5.74, 6) is 0.825. The zero-order chi connectivity index (χ0) is 20.8. The van der Waals surface area contributed by atoms with Gasteiger partial charge in [-0.25, -0.2) is 0 Å². The van der Waals surface area contributed by atoms with Crippen molar-refractivity contribution in [2.24, 2.45) is 0 Å². The third-order valence-electron chi connectivity index (χ3n) is 4.07. The molecular formula is C21H20N2O5S. The molecule has 150 valence electrons. The zero-order valence-electron chi connectivity index (χ0n) is 16.1. The van der Waals surface area contributed by atoms with Crippen LogP contribution in [0, 0.1) is 0 Å². The van der Waals surface area contributed by atoms with Crippen LogP contribution in [0.15, 0.2) is 53.9 Å². The summed E-state index contributed by atoms with van der Waals surface area (Å²) >= 11 is 1.36. The third-order valence-corrected chi connectivity index (χ3v) is 4.94. The van der Waals surface area contributed by atoms with Gasteiger partial charge >= 0.3 is 0 Å². The molecule has 8 heteroatoms. The molecule has 1 heterocycles. The largest absolute Gasteiger partial charge is 0.493 e. The van der Waals surface area contributed by atoms with Crippen LogP contribution in [0.4, 0.5) is 11.4 Å². The van der Waals surface area contributed by atoms with Gasteiger partial charge in [0.25, 0.3) is 11.8 Å². The lowest BCUT2D eigenvalue weighted by atomic mass is 10.1. The van der Waals surface area contributed by atoms with Crippen molar-refractivity contribution in [2.45, 2.75) is 0 Å². The monoisotopic (exact) mass is 412 g/mol. The van der Waals surface area contributed by atoms with E-state index in [1.54, 1.807) is 42.5 Å². The molecule has 2 N–H and O–H groups in total. The number of nitrogens with one attached hydrogen (secondary N) is 2. The van der Waals surface area contributed by atoms with Gasteiger partial charge < -0.3 is 24.8 Å². The summed E-state index contributed by atoms with van der Waals surface area (Å²) in [6.45, 7) is 0. The molecule has 3 rings (SSSR count). The summed E-state index contributed by atoms with van der Waals surface area (Å²) in [6.07, 6.45) is 0. The number of carbonyl (C=O) groups is 2. The minimum absolute atomic E-state index is 0.186. The van der Waals surface area contributed by atoms with E-state index in [2.05, 4.69) is 10.6 Å². The van der Waals surface area contributed by atoms with E-state index in [-0.39, 0.29) is 11.8 Å². The van der Waals surface area contributed by atoms with Crippen LogP contribution in [-0.2, 0) is 0 Å². The van der Waals surface area contributed by atoms with E-state index in [0.29, 0.717) is 39.1 Å². The van der Waals surface area contributed by atoms with Crippen LogP contribution in [-0.4, -0.2) is 33.1 Å². The highest BCUT2D eigenvalue weighted by Crippen LogP contribution is 2.40. The Morgan fingerprint density at radius 2 is 1.41 bits per heavy atom. The lowest BCUT2D eigenvalue weighted by Gasteiger charge is -2.14. The minimum Gasteiger partial charge on any atom is -0.493 e. The topological polar surface area (TPSA) is 85.9 Å². The van der Waals surface area contributed by atoms with Gasteiger partial charge in [-0.05, 0) is 35.7 Å². The number of thiophene rings is 1. The number of ether oxygens (including phenoxy) is 3. The van der Waals surface area contributed by atoms with Crippen LogP contribution in [0.25, 0.3) is 0 Å². The second-order valence-electron chi connectivity index (χ2n) is 5.88. The molecule has 0 aliphatic heterocycles. The fourth-order valence-electron chi connectivity index (χ4n) is 2.66. The number of benzene rings is 2. The van der Waals surface area contributed by atoms with Gasteiger partial charge in [-0.15, -0.1) is 11.3 Å². The van der Waals surface area contributed by atoms with Crippen LogP contribution in [0.1, 0.15) is 20.0 Å². The Bertz CT molecular complexity index is 975. The Morgan fingerprint density at radius 3 is 1.93 bits per heavy atom. The average Bonchev–Trinajstić information content (AvgIpc) is 3.28. The second kappa shape index (κ2) is 9.11. The molecule has 3 aromatic rings. The summed E-state index contributed by atoms with van der Waals surface area (Å²) in [5.41, 5.74) is 1.54. The van der Waals surface area contributed by atoms with Crippen molar-refractivity contribution in [3.8, 4) is 17.2 Å². The maximum absolute atomic E-state index is 12.6. The van der Waals surface area contributed by atoms with Gasteiger partial charge in [-0.1, -0.05) is 6.07 Å². The van der Waals surface area contributed by atoms with Crippen molar-refractivity contribution in [1.82, 2.24) is 0 Å². The van der Waals surface area contributed by atoms with Gasteiger partial charge in [-0.3, -0.25) is 9.59 Å². The molecule has 0 fully saturated rings. The second-order valence-corrected chi connectivity index (χ2v) is 6.82. The van der Waals surface area contributed by atoms with Gasteiger partial charge in [-0.2, -0.15) is 0 Å². The molecule has 7 nitrogen and oxygen atoms in total. The predicted octanol–water partition coefficient (Wildman–Crippen LogP) is 4.28. The van der Waals surface area contributed by atoms with Gasteiger partial charge in [0, 0.05) is 29.1 Å². The number of rotatable bonds is 7. The molecule has 2 amide bonds. The fourth-order valence-corrected chi connectivity index (χ4v) is 3.28. The number of amides is 2. The Hall–Kier alpha value is -3.52. The number of carbonyl (C=O) groups excluding carboxylic acids is 2. The van der Waals surface area contributed by atoms with Gasteiger partial charge in [0.1, 0.15) is 0 Å². The number of methoxy groups -OCH3 is 3. The van der Waals surface area contributed by atoms with Crippen LogP contribution in [0.5, 0.6) is 17.2 Å². The highest BCUT2D eigenvalue weighted by Gasteiger charge is 2.15. The molecule has 0 atom stereocenters. The van der Waals surface area contributed by atoms with Crippen LogP contribution >= 0.6 is 11.3 Å². The van der Waals surface area contributed by atoms with Crippen LogP contribution in [0.2, 0.25) is 0 Å². The van der Waals surface area contributed by atoms with Crippen molar-refractivity contribution in [1.29, 1.82) is 0 Å². The zero-order valence-corrected chi connectivity index (χ0v) is 17.0. The Morgan fingerprint density at radius 1 is 0.793 bits per heavy atom. The summed E-state index contributed by atoms with van der Waals surface area (Å²) in [4.78, 5) is 25.3. The molecule has 1 aromatic heterocycles. The van der Waals surface area contributed by atoms with Gasteiger partial charge in [0.05, 0.1) is 26.2 Å². The average molecular weight is 412 g/mol. The van der Waals surface area contributed by atoms with E-state index in [4.69, 9.17) is 14.2 Å². The number of anilines is 2. The molecule has 0 unspecified atom stereocenters. The Kier molecular flexibility index (Phi) is 6.36. The van der Waals surface area contributed by atoms with E-state index in [1.807, 2.05) is 11.4 Å². The lowest BCUT2D eigenvalue weighted by Crippen LogP contribution is -2.13. The predicted molar refractivity (Wildman–Crippen MR) is 113 cm³/mol. The van der Waals surface area contributed by atoms with Gasteiger partial charge in [0.15, 0.2) is 11.5 Å². The van der Waals surface area contributed by atoms with Gasteiger partial charge in [0.2, 0.25) is 5.75 Å². The number of hydrogen-bond donors (Lipinski definition) is 2. The van der Waals surface area contributed by atoms with Crippen molar-refractivity contribution in [2.75, 3.05) is 32.0 Å². The smallest absolute Gasteiger partial charge is 0.265 e. The Labute approximate surface area is 172 Å². The first-order valence-corrected chi connectivity index (χ1v) is 9.50. The quantitative estimate of drug-likeness (QED) is 0.605. The SMILES string of the molecule is COc1cc(NC(=O)c2ccc(NC(=O)c3cccs3)cc2)cc(OC)c1OC. The molecule has 0 aliphatic rings. The molecule has 0 spiro atoms. The summed E-state index contributed by atoms with van der Waals surface area (Å²) in [5, 5.41) is 7.44. The minimum atomic E-state index is -0.310. The first-order valence-electron chi connectivity index (χ1n) is 8.62. The molecule has 2 aromatic carbocycles. The van der Waals surface area contributed by atoms with Crippen molar-refractivity contribution in [3.63, 3.8) is 0 Å². The highest BCUT2D eigenvalue weighted by atomic mass is 32.1. The van der Waals surface area contributed by atoms with Crippen molar-refractivity contribution >= 4 is 34.5 Å². The lowest BCUT2D eigenvalue weighted by molar-refractivity contribution is 0.102. The maximum Gasteiger partial charge on any atom is 0.265 e. The molecule has 0 bridgehead atoms. The first-order chi connectivity index (χ1) is 14.0. The summed E-state index contributed by atoms with van der Waals surface area (Å²) in [6, 6.07) is 13.5. The standard InChI is InChI=1S/C21H20N2O5S/c1-26-16-11-15(12-17(27-2)19(16)28-3)23-20(24)13-6-8-14(9-7-13)22-21(25)18-5-4-10-29-18/h4-12H,1-3H3,(H,22,25)(H,23,24). The van der Waals surface area contributed by atoms with E-state index in [9.17, 15) is 9.59 Å². The van der Waals surface area contributed by atoms with E-state index in [0.717, 1.165) is 0 Å². The number of hydrogen-bond acceptors (Lipinski definition) is 6. The van der Waals surface area contributed by atoms with E-state index < -0.39 is 0 Å². The molecule has 29 heavy (non-hydrogen) atoms. The maximum atomic E-state index is 12.6. The summed E-state index contributed by atoms with van der Waals surface area (Å²) < 4.78 is 15.9. The molecule has 0 aliphatic carbocycles. The Balaban J connectivity index is 1.72. The fraction of sp³-hybridized carbons (Fsp3) is 0.143. The molecule has 0 saturated heterocycles. The van der Waals surface area contributed by atoms with Crippen LogP contribution in [0.3, 0.4) is 0 Å². The molecule has 0 saturated carbocycles. The van der Waals surface area contributed by atoms with E-state index in [1.165, 1.54) is 32.7 Å². The van der Waals surface area contributed by atoms with Crippen molar-refractivity contribution in [3.05, 3.63) is 64.4 Å². The van der Waals surface area contributed by atoms with Crippen LogP contribution < -0.4 is 24.8 Å². The normalized spacial score (nSPS) is 10.2. The highest BCUT2D eigenvalue weighted by molar-refractivity contribution is 7.12. The third kappa shape index (κ3) is 4.67. The molecule has 0 radical (unpaired) electrons. The first kappa shape index (κ1) is 20.2.